The first-order chi connectivity index (χ1) is 9.10. The average molecular weight is 298 g/mol. The van der Waals surface area contributed by atoms with Gasteiger partial charge in [-0.3, -0.25) is 10.2 Å². The number of rotatable bonds is 4. The van der Waals surface area contributed by atoms with Crippen molar-refractivity contribution in [1.29, 1.82) is 0 Å². The summed E-state index contributed by atoms with van der Waals surface area (Å²) in [5.41, 5.74) is 8.89. The number of nitrogens with two attached hydrogens (primary N) is 2. The zero-order valence-electron chi connectivity index (χ0n) is 9.85. The van der Waals surface area contributed by atoms with E-state index in [1.165, 1.54) is 18.0 Å². The minimum absolute atomic E-state index is 0.383. The second-order valence-electron chi connectivity index (χ2n) is 3.75. The fourth-order valence-electron chi connectivity index (χ4n) is 1.46. The van der Waals surface area contributed by atoms with Crippen molar-refractivity contribution in [3.63, 3.8) is 0 Å². The number of halogens is 1. The van der Waals surface area contributed by atoms with E-state index in [2.05, 4.69) is 0 Å². The number of hydrazine groups is 1. The number of hydrogen-bond acceptors (Lipinski definition) is 5. The molecule has 2 aromatic rings. The van der Waals surface area contributed by atoms with Crippen LogP contribution >= 0.6 is 23.4 Å². The third-order valence-corrected chi connectivity index (χ3v) is 3.74. The largest absolute Gasteiger partial charge is 0.468 e. The normalized spacial score (nSPS) is 10.4. The molecule has 0 spiro atoms. The predicted molar refractivity (Wildman–Crippen MR) is 75.8 cm³/mol. The number of carbonyl (C=O) groups is 1. The Morgan fingerprint density at radius 3 is 2.89 bits per heavy atom. The monoisotopic (exact) mass is 297 g/mol. The molecule has 0 fully saturated rings. The van der Waals surface area contributed by atoms with E-state index in [0.717, 1.165) is 4.90 Å². The van der Waals surface area contributed by atoms with Crippen molar-refractivity contribution in [3.05, 3.63) is 46.9 Å². The van der Waals surface area contributed by atoms with Crippen molar-refractivity contribution in [3.8, 4) is 0 Å². The van der Waals surface area contributed by atoms with Crippen LogP contribution < -0.4 is 17.0 Å². The molecular formula is C12H12ClN3O2S. The molecule has 0 atom stereocenters. The zero-order chi connectivity index (χ0) is 13.8. The molecule has 0 bridgehead atoms. The molecule has 1 aromatic heterocycles. The molecule has 0 saturated carbocycles. The highest BCUT2D eigenvalue weighted by molar-refractivity contribution is 7.98. The van der Waals surface area contributed by atoms with Crippen molar-refractivity contribution in [1.82, 2.24) is 5.43 Å². The third-order valence-electron chi connectivity index (χ3n) is 2.39. The second-order valence-corrected chi connectivity index (χ2v) is 5.20. The van der Waals surface area contributed by atoms with E-state index in [-0.39, 0.29) is 5.91 Å². The second kappa shape index (κ2) is 6.01. The molecule has 2 rings (SSSR count). The van der Waals surface area contributed by atoms with Crippen LogP contribution in [0.2, 0.25) is 5.02 Å². The first-order valence-electron chi connectivity index (χ1n) is 5.36. The van der Waals surface area contributed by atoms with Gasteiger partial charge in [-0.2, -0.15) is 0 Å². The Balaban J connectivity index is 2.02. The molecule has 7 heteroatoms. The highest BCUT2D eigenvalue weighted by Crippen LogP contribution is 2.30. The molecule has 0 aliphatic carbocycles. The lowest BCUT2D eigenvalue weighted by Crippen LogP contribution is -2.29. The van der Waals surface area contributed by atoms with Crippen LogP contribution in [0.25, 0.3) is 0 Å². The summed E-state index contributed by atoms with van der Waals surface area (Å²) in [7, 11) is 0. The maximum absolute atomic E-state index is 11.3. The fraction of sp³-hybridized carbons (Fsp3) is 0.0833. The Hall–Kier alpha value is -1.63. The number of thioether (sulfide) groups is 1. The molecule has 0 aliphatic heterocycles. The van der Waals surface area contributed by atoms with E-state index in [4.69, 9.17) is 27.6 Å². The third kappa shape index (κ3) is 3.44. The smallest absolute Gasteiger partial charge is 0.268 e. The number of nitrogens with one attached hydrogen (secondary N) is 1. The summed E-state index contributed by atoms with van der Waals surface area (Å²) in [5.74, 6) is 5.88. The van der Waals surface area contributed by atoms with Crippen LogP contribution in [0, 0.1) is 0 Å². The number of hydrogen-bond donors (Lipinski definition) is 3. The Kier molecular flexibility index (Phi) is 4.36. The van der Waals surface area contributed by atoms with Crippen LogP contribution in [0.3, 0.4) is 0 Å². The topological polar surface area (TPSA) is 94.3 Å². The predicted octanol–water partition coefficient (Wildman–Crippen LogP) is 2.41. The Morgan fingerprint density at radius 2 is 2.21 bits per heavy atom. The van der Waals surface area contributed by atoms with Crippen molar-refractivity contribution in [2.45, 2.75) is 10.6 Å². The molecule has 0 unspecified atom stereocenters. The van der Waals surface area contributed by atoms with Crippen LogP contribution in [0.5, 0.6) is 0 Å². The Labute approximate surface area is 119 Å². The van der Waals surface area contributed by atoms with E-state index in [1.54, 1.807) is 18.2 Å². The molecule has 100 valence electrons. The van der Waals surface area contributed by atoms with Gasteiger partial charge in [-0.1, -0.05) is 11.6 Å². The van der Waals surface area contributed by atoms with Gasteiger partial charge >= 0.3 is 0 Å². The summed E-state index contributed by atoms with van der Waals surface area (Å²) in [6, 6.07) is 6.95. The number of furan rings is 1. The maximum atomic E-state index is 11.3. The highest BCUT2D eigenvalue weighted by Gasteiger charge is 2.09. The van der Waals surface area contributed by atoms with E-state index >= 15 is 0 Å². The summed E-state index contributed by atoms with van der Waals surface area (Å²) in [5, 5.41) is 0.599. The number of carbonyl (C=O) groups excluding carboxylic acids is 1. The van der Waals surface area contributed by atoms with Crippen LogP contribution in [-0.4, -0.2) is 5.91 Å². The number of benzene rings is 1. The average Bonchev–Trinajstić information content (AvgIpc) is 2.85. The van der Waals surface area contributed by atoms with Gasteiger partial charge in [-0.15, -0.1) is 11.8 Å². The van der Waals surface area contributed by atoms with Crippen LogP contribution in [0.15, 0.2) is 39.8 Å². The number of amides is 1. The van der Waals surface area contributed by atoms with Gasteiger partial charge < -0.3 is 10.2 Å². The lowest BCUT2D eigenvalue weighted by molar-refractivity contribution is 0.0953. The first kappa shape index (κ1) is 13.8. The van der Waals surface area contributed by atoms with Crippen LogP contribution in [0.1, 0.15) is 16.1 Å². The van der Waals surface area contributed by atoms with Gasteiger partial charge in [0.2, 0.25) is 0 Å². The minimum Gasteiger partial charge on any atom is -0.468 e. The van der Waals surface area contributed by atoms with Crippen molar-refractivity contribution < 1.29 is 9.21 Å². The maximum Gasteiger partial charge on any atom is 0.268 e. The molecule has 0 saturated heterocycles. The minimum atomic E-state index is -0.383. The summed E-state index contributed by atoms with van der Waals surface area (Å²) in [6.45, 7) is 0. The molecular weight excluding hydrogens is 286 g/mol. The van der Waals surface area contributed by atoms with Gasteiger partial charge in [0.1, 0.15) is 12.0 Å². The summed E-state index contributed by atoms with van der Waals surface area (Å²) >= 11 is 7.33. The van der Waals surface area contributed by atoms with E-state index in [1.807, 2.05) is 11.5 Å². The highest BCUT2D eigenvalue weighted by atomic mass is 35.5. The molecule has 5 nitrogen and oxygen atoms in total. The molecule has 0 aliphatic rings. The lowest BCUT2D eigenvalue weighted by Gasteiger charge is -2.04. The summed E-state index contributed by atoms with van der Waals surface area (Å²) in [6.07, 6.45) is 1.36. The molecule has 19 heavy (non-hydrogen) atoms. The van der Waals surface area contributed by atoms with E-state index in [0.29, 0.717) is 27.8 Å². The molecule has 1 aromatic carbocycles. The van der Waals surface area contributed by atoms with Crippen molar-refractivity contribution >= 4 is 35.0 Å². The Bertz CT molecular complexity index is 600. The van der Waals surface area contributed by atoms with Gasteiger partial charge in [0.15, 0.2) is 0 Å². The zero-order valence-corrected chi connectivity index (χ0v) is 11.4. The molecule has 1 heterocycles. The SMILES string of the molecule is NNC(=O)c1coc(CSc2ccc(Cl)cc2N)c1. The number of anilines is 1. The van der Waals surface area contributed by atoms with Gasteiger partial charge in [0.25, 0.3) is 5.91 Å². The van der Waals surface area contributed by atoms with Gasteiger partial charge in [0, 0.05) is 15.6 Å². The molecule has 1 amide bonds. The van der Waals surface area contributed by atoms with Crippen LogP contribution in [-0.2, 0) is 5.75 Å². The van der Waals surface area contributed by atoms with Crippen LogP contribution in [0.4, 0.5) is 5.69 Å². The standard InChI is InChI=1S/C12H12ClN3O2S/c13-8-1-2-11(10(14)4-8)19-6-9-3-7(5-18-9)12(17)16-15/h1-5H,6,14-15H2,(H,16,17). The van der Waals surface area contributed by atoms with E-state index < -0.39 is 0 Å². The summed E-state index contributed by atoms with van der Waals surface area (Å²) in [4.78, 5) is 12.2. The quantitative estimate of drug-likeness (QED) is 0.265. The molecule has 0 radical (unpaired) electrons. The van der Waals surface area contributed by atoms with Gasteiger partial charge in [0.05, 0.1) is 11.3 Å². The Morgan fingerprint density at radius 1 is 1.42 bits per heavy atom. The number of nitrogen functional groups attached to an aromatic ring is 2. The van der Waals surface area contributed by atoms with Gasteiger partial charge in [-0.25, -0.2) is 5.84 Å². The molecule has 5 N–H and O–H groups in total. The van der Waals surface area contributed by atoms with Crippen molar-refractivity contribution in [2.75, 3.05) is 5.73 Å². The van der Waals surface area contributed by atoms with Crippen molar-refractivity contribution in [2.24, 2.45) is 5.84 Å². The summed E-state index contributed by atoms with van der Waals surface area (Å²) < 4.78 is 5.27. The lowest BCUT2D eigenvalue weighted by atomic mass is 10.3. The first-order valence-corrected chi connectivity index (χ1v) is 6.72. The van der Waals surface area contributed by atoms with E-state index in [9.17, 15) is 4.79 Å². The fourth-order valence-corrected chi connectivity index (χ4v) is 2.48. The van der Waals surface area contributed by atoms with Gasteiger partial charge in [-0.05, 0) is 24.3 Å².